The number of aryl methyl sites for hydroxylation is 1. The summed E-state index contributed by atoms with van der Waals surface area (Å²) in [5.74, 6) is 2.21. The highest BCUT2D eigenvalue weighted by Gasteiger charge is 2.50. The van der Waals surface area contributed by atoms with Crippen molar-refractivity contribution in [1.82, 2.24) is 5.32 Å². The molecule has 1 aromatic heterocycles. The topological polar surface area (TPSA) is 55.4 Å². The van der Waals surface area contributed by atoms with Gasteiger partial charge in [-0.15, -0.1) is 0 Å². The molecule has 5 heteroatoms. The lowest BCUT2D eigenvalue weighted by Gasteiger charge is -2.56. The molecule has 0 saturated heterocycles. The summed E-state index contributed by atoms with van der Waals surface area (Å²) in [6, 6.07) is 2.01. The van der Waals surface area contributed by atoms with Crippen LogP contribution in [0.15, 0.2) is 16.8 Å². The number of nitrogens with one attached hydrogen (secondary N) is 1. The Bertz CT molecular complexity index is 590. The van der Waals surface area contributed by atoms with Crippen LogP contribution in [0, 0.1) is 23.2 Å². The van der Waals surface area contributed by atoms with Gasteiger partial charge in [0.2, 0.25) is 0 Å². The number of carbonyl (C=O) groups excluding carboxylic acids is 2. The summed E-state index contributed by atoms with van der Waals surface area (Å²) < 4.78 is 5.13. The highest BCUT2D eigenvalue weighted by molar-refractivity contribution is 7.07. The Morgan fingerprint density at radius 3 is 2.44 bits per heavy atom. The van der Waals surface area contributed by atoms with Gasteiger partial charge in [-0.05, 0) is 90.5 Å². The van der Waals surface area contributed by atoms with Gasteiger partial charge in [-0.25, -0.2) is 0 Å². The Labute approximate surface area is 153 Å². The van der Waals surface area contributed by atoms with Crippen molar-refractivity contribution in [2.75, 3.05) is 13.2 Å². The van der Waals surface area contributed by atoms with E-state index < -0.39 is 0 Å². The van der Waals surface area contributed by atoms with E-state index in [0.29, 0.717) is 18.3 Å². The van der Waals surface area contributed by atoms with Gasteiger partial charge in [0.15, 0.2) is 6.61 Å². The molecule has 25 heavy (non-hydrogen) atoms. The van der Waals surface area contributed by atoms with Gasteiger partial charge in [0, 0.05) is 13.0 Å². The minimum absolute atomic E-state index is 0.144. The summed E-state index contributed by atoms with van der Waals surface area (Å²) in [7, 11) is 0. The maximum absolute atomic E-state index is 12.1. The van der Waals surface area contributed by atoms with Crippen molar-refractivity contribution in [3.63, 3.8) is 0 Å². The first-order chi connectivity index (χ1) is 12.1. The van der Waals surface area contributed by atoms with Crippen LogP contribution in [0.5, 0.6) is 0 Å². The van der Waals surface area contributed by atoms with E-state index in [0.717, 1.165) is 29.9 Å². The Kier molecular flexibility index (Phi) is 4.85. The Morgan fingerprint density at radius 2 is 1.84 bits per heavy atom. The van der Waals surface area contributed by atoms with Crippen molar-refractivity contribution in [3.05, 3.63) is 22.4 Å². The molecule has 1 heterocycles. The van der Waals surface area contributed by atoms with Crippen molar-refractivity contribution in [2.45, 2.75) is 51.4 Å². The predicted octanol–water partition coefficient (Wildman–Crippen LogP) is 3.56. The monoisotopic (exact) mass is 361 g/mol. The standard InChI is InChI=1S/C20H27NO3S/c22-18(11-24-19(23)2-1-14-3-4-25-12-14)21-13-20-8-15-5-16(9-20)7-17(6-15)10-20/h3-4,12,15-17H,1-2,5-11,13H2,(H,21,22). The first-order valence-corrected chi connectivity index (χ1v) is 10.5. The summed E-state index contributed by atoms with van der Waals surface area (Å²) in [5.41, 5.74) is 1.47. The fraction of sp³-hybridized carbons (Fsp3) is 0.700. The van der Waals surface area contributed by atoms with Crippen LogP contribution >= 0.6 is 11.3 Å². The molecule has 4 saturated carbocycles. The lowest BCUT2D eigenvalue weighted by molar-refractivity contribution is -0.148. The number of ether oxygens (including phenoxy) is 1. The predicted molar refractivity (Wildman–Crippen MR) is 97.2 cm³/mol. The highest BCUT2D eigenvalue weighted by atomic mass is 32.1. The average molecular weight is 362 g/mol. The van der Waals surface area contributed by atoms with Gasteiger partial charge in [0.05, 0.1) is 0 Å². The molecule has 4 aliphatic carbocycles. The second kappa shape index (κ2) is 7.10. The van der Waals surface area contributed by atoms with Crippen LogP contribution in [-0.4, -0.2) is 25.0 Å². The molecule has 4 bridgehead atoms. The molecule has 0 unspecified atom stereocenters. The number of thiophene rings is 1. The van der Waals surface area contributed by atoms with Crippen molar-refractivity contribution in [2.24, 2.45) is 23.2 Å². The maximum Gasteiger partial charge on any atom is 0.306 e. The van der Waals surface area contributed by atoms with E-state index in [4.69, 9.17) is 4.74 Å². The lowest BCUT2D eigenvalue weighted by Crippen LogP contribution is -2.51. The van der Waals surface area contributed by atoms with Crippen molar-refractivity contribution < 1.29 is 14.3 Å². The van der Waals surface area contributed by atoms with Crippen molar-refractivity contribution in [1.29, 1.82) is 0 Å². The van der Waals surface area contributed by atoms with Crippen LogP contribution in [0.1, 0.15) is 50.5 Å². The van der Waals surface area contributed by atoms with E-state index >= 15 is 0 Å². The third-order valence-electron chi connectivity index (χ3n) is 6.39. The Hall–Kier alpha value is -1.36. The van der Waals surface area contributed by atoms with Gasteiger partial charge in [-0.3, -0.25) is 9.59 Å². The number of esters is 1. The number of hydrogen-bond donors (Lipinski definition) is 1. The van der Waals surface area contributed by atoms with Crippen molar-refractivity contribution in [3.8, 4) is 0 Å². The van der Waals surface area contributed by atoms with Crippen LogP contribution in [-0.2, 0) is 20.7 Å². The molecule has 1 aromatic rings. The SMILES string of the molecule is O=C(COC(=O)CCc1ccsc1)NCC12CC3CC(CC(C3)C1)C2. The lowest BCUT2D eigenvalue weighted by atomic mass is 9.49. The minimum atomic E-state index is -0.295. The third kappa shape index (κ3) is 4.08. The molecule has 0 aliphatic heterocycles. The summed E-state index contributed by atoms with van der Waals surface area (Å²) in [4.78, 5) is 23.9. The molecule has 4 fully saturated rings. The summed E-state index contributed by atoms with van der Waals surface area (Å²) in [5, 5.41) is 7.08. The molecule has 1 N–H and O–H groups in total. The number of carbonyl (C=O) groups is 2. The maximum atomic E-state index is 12.1. The number of amides is 1. The Morgan fingerprint density at radius 1 is 1.16 bits per heavy atom. The highest BCUT2D eigenvalue weighted by Crippen LogP contribution is 2.59. The summed E-state index contributed by atoms with van der Waals surface area (Å²) >= 11 is 1.62. The van der Waals surface area contributed by atoms with Gasteiger partial charge in [0.25, 0.3) is 5.91 Å². The zero-order valence-corrected chi connectivity index (χ0v) is 15.5. The van der Waals surface area contributed by atoms with Gasteiger partial charge in [0.1, 0.15) is 0 Å². The summed E-state index contributed by atoms with van der Waals surface area (Å²) in [6.07, 6.45) is 9.08. The van der Waals surface area contributed by atoms with Gasteiger partial charge < -0.3 is 10.1 Å². The van der Waals surface area contributed by atoms with Crippen LogP contribution in [0.25, 0.3) is 0 Å². The molecule has 136 valence electrons. The van der Waals surface area contributed by atoms with E-state index in [1.165, 1.54) is 38.5 Å². The second-order valence-electron chi connectivity index (χ2n) is 8.49. The fourth-order valence-electron chi connectivity index (χ4n) is 5.74. The third-order valence-corrected chi connectivity index (χ3v) is 7.12. The van der Waals surface area contributed by atoms with Crippen LogP contribution < -0.4 is 5.32 Å². The molecule has 0 spiro atoms. The fourth-order valence-corrected chi connectivity index (χ4v) is 6.45. The zero-order chi connectivity index (χ0) is 17.3. The molecular formula is C20H27NO3S. The zero-order valence-electron chi connectivity index (χ0n) is 14.7. The van der Waals surface area contributed by atoms with Crippen molar-refractivity contribution >= 4 is 23.2 Å². The summed E-state index contributed by atoms with van der Waals surface area (Å²) in [6.45, 7) is 0.622. The molecule has 5 rings (SSSR count). The second-order valence-corrected chi connectivity index (χ2v) is 9.27. The van der Waals surface area contributed by atoms with Crippen LogP contribution in [0.4, 0.5) is 0 Å². The van der Waals surface area contributed by atoms with E-state index in [1.807, 2.05) is 16.8 Å². The number of hydrogen-bond acceptors (Lipinski definition) is 4. The molecular weight excluding hydrogens is 334 g/mol. The van der Waals surface area contributed by atoms with E-state index in [-0.39, 0.29) is 18.5 Å². The molecule has 4 nitrogen and oxygen atoms in total. The normalized spacial score (nSPS) is 32.6. The number of rotatable bonds is 7. The van der Waals surface area contributed by atoms with E-state index in [1.54, 1.807) is 11.3 Å². The van der Waals surface area contributed by atoms with E-state index in [9.17, 15) is 9.59 Å². The smallest absolute Gasteiger partial charge is 0.306 e. The van der Waals surface area contributed by atoms with Gasteiger partial charge in [-0.2, -0.15) is 11.3 Å². The first-order valence-electron chi connectivity index (χ1n) is 9.54. The van der Waals surface area contributed by atoms with E-state index in [2.05, 4.69) is 5.32 Å². The minimum Gasteiger partial charge on any atom is -0.456 e. The average Bonchev–Trinajstić information content (AvgIpc) is 3.09. The largest absolute Gasteiger partial charge is 0.456 e. The van der Waals surface area contributed by atoms with Gasteiger partial charge >= 0.3 is 5.97 Å². The Balaban J connectivity index is 1.17. The van der Waals surface area contributed by atoms with Gasteiger partial charge in [-0.1, -0.05) is 0 Å². The van der Waals surface area contributed by atoms with Crippen LogP contribution in [0.3, 0.4) is 0 Å². The quantitative estimate of drug-likeness (QED) is 0.756. The first kappa shape index (κ1) is 17.1. The van der Waals surface area contributed by atoms with Crippen LogP contribution in [0.2, 0.25) is 0 Å². The molecule has 1 amide bonds. The molecule has 0 aromatic carbocycles. The molecule has 4 aliphatic rings. The molecule has 0 radical (unpaired) electrons. The molecule has 0 atom stereocenters.